The Morgan fingerprint density at radius 1 is 1.28 bits per heavy atom. The fourth-order valence-electron chi connectivity index (χ4n) is 6.37. The summed E-state index contributed by atoms with van der Waals surface area (Å²) in [6.07, 6.45) is 9.59. The molecule has 5 fully saturated rings. The van der Waals surface area contributed by atoms with Gasteiger partial charge >= 0.3 is 0 Å². The van der Waals surface area contributed by atoms with Gasteiger partial charge in [0.25, 0.3) is 5.91 Å². The van der Waals surface area contributed by atoms with Gasteiger partial charge in [-0.3, -0.25) is 14.7 Å². The first-order valence-electron chi connectivity index (χ1n) is 9.64. The van der Waals surface area contributed by atoms with Gasteiger partial charge in [-0.05, 0) is 55.7 Å². The number of rotatable bonds is 4. The summed E-state index contributed by atoms with van der Waals surface area (Å²) in [5.41, 5.74) is 7.13. The molecule has 2 heterocycles. The molecule has 4 saturated carbocycles. The van der Waals surface area contributed by atoms with Crippen LogP contribution in [0.3, 0.4) is 0 Å². The SMILES string of the molecule is CO[C@@]1(c2ccnc(C(N)=O)c2)[C@@H]2CCC[C@H]1CN(C13CC(C1)C3)C2. The molecule has 0 unspecified atom stereocenters. The number of piperidine rings is 1. The number of ether oxygens (including phenoxy) is 1. The van der Waals surface area contributed by atoms with Gasteiger partial charge in [0, 0.05) is 43.8 Å². The van der Waals surface area contributed by atoms with Crippen molar-refractivity contribution in [3.05, 3.63) is 29.6 Å². The Morgan fingerprint density at radius 2 is 1.96 bits per heavy atom. The average molecular weight is 341 g/mol. The number of nitrogens with two attached hydrogens (primary N) is 1. The second-order valence-electron chi connectivity index (χ2n) is 8.72. The second-order valence-corrected chi connectivity index (χ2v) is 8.72. The minimum atomic E-state index is -0.468. The molecule has 25 heavy (non-hydrogen) atoms. The lowest BCUT2D eigenvalue weighted by Crippen LogP contribution is -2.73. The van der Waals surface area contributed by atoms with Crippen LogP contribution in [0.2, 0.25) is 0 Å². The smallest absolute Gasteiger partial charge is 0.267 e. The van der Waals surface area contributed by atoms with Crippen molar-refractivity contribution in [1.82, 2.24) is 9.88 Å². The van der Waals surface area contributed by atoms with Crippen LogP contribution >= 0.6 is 0 Å². The van der Waals surface area contributed by atoms with Crippen LogP contribution in [0.4, 0.5) is 0 Å². The van der Waals surface area contributed by atoms with E-state index in [2.05, 4.69) is 9.88 Å². The molecule has 5 aliphatic rings. The molecule has 0 aromatic carbocycles. The van der Waals surface area contributed by atoms with Crippen molar-refractivity contribution in [2.75, 3.05) is 20.2 Å². The number of fused-ring (bicyclic) bond motifs is 2. The molecule has 1 amide bonds. The van der Waals surface area contributed by atoms with Gasteiger partial charge in [0.05, 0.1) is 0 Å². The van der Waals surface area contributed by atoms with Crippen molar-refractivity contribution in [3.63, 3.8) is 0 Å². The highest BCUT2D eigenvalue weighted by Crippen LogP contribution is 2.63. The molecule has 1 aromatic rings. The molecule has 1 saturated heterocycles. The molecule has 5 nitrogen and oxygen atoms in total. The van der Waals surface area contributed by atoms with Crippen LogP contribution in [0.1, 0.15) is 54.6 Å². The maximum Gasteiger partial charge on any atom is 0.267 e. The average Bonchev–Trinajstić information content (AvgIpc) is 2.51. The maximum atomic E-state index is 11.6. The third-order valence-corrected chi connectivity index (χ3v) is 7.68. The summed E-state index contributed by atoms with van der Waals surface area (Å²) in [5.74, 6) is 1.49. The van der Waals surface area contributed by atoms with Crippen LogP contribution in [-0.2, 0) is 10.3 Å². The first kappa shape index (κ1) is 15.8. The summed E-state index contributed by atoms with van der Waals surface area (Å²) in [5, 5.41) is 0. The molecular weight excluding hydrogens is 314 g/mol. The first-order chi connectivity index (χ1) is 12.1. The molecule has 2 N–H and O–H groups in total. The number of nitrogens with zero attached hydrogens (tertiary/aromatic N) is 2. The van der Waals surface area contributed by atoms with Crippen LogP contribution in [0.15, 0.2) is 18.3 Å². The van der Waals surface area contributed by atoms with Gasteiger partial charge in [-0.2, -0.15) is 0 Å². The van der Waals surface area contributed by atoms with Crippen molar-refractivity contribution in [3.8, 4) is 0 Å². The first-order valence-corrected chi connectivity index (χ1v) is 9.64. The van der Waals surface area contributed by atoms with Gasteiger partial charge < -0.3 is 10.5 Å². The molecule has 4 bridgehead atoms. The van der Waals surface area contributed by atoms with E-state index in [0.29, 0.717) is 23.1 Å². The lowest BCUT2D eigenvalue weighted by Gasteiger charge is -2.70. The molecule has 5 heteroatoms. The minimum absolute atomic E-state index is 0.300. The second kappa shape index (κ2) is 5.27. The molecule has 134 valence electrons. The van der Waals surface area contributed by atoms with E-state index < -0.39 is 5.91 Å². The predicted octanol–water partition coefficient (Wildman–Crippen LogP) is 2.31. The summed E-state index contributed by atoms with van der Waals surface area (Å²) < 4.78 is 6.29. The van der Waals surface area contributed by atoms with Crippen molar-refractivity contribution in [2.24, 2.45) is 23.5 Å². The van der Waals surface area contributed by atoms with Crippen LogP contribution in [-0.4, -0.2) is 41.5 Å². The molecule has 6 rings (SSSR count). The molecule has 4 aliphatic carbocycles. The van der Waals surface area contributed by atoms with Crippen molar-refractivity contribution < 1.29 is 9.53 Å². The number of pyridine rings is 1. The van der Waals surface area contributed by atoms with Gasteiger partial charge in [-0.15, -0.1) is 0 Å². The van der Waals surface area contributed by atoms with E-state index in [-0.39, 0.29) is 5.60 Å². The van der Waals surface area contributed by atoms with Gasteiger partial charge in [0.2, 0.25) is 0 Å². The standard InChI is InChI=1S/C20H27N3O2/c1-25-20(14-5-6-22-17(7-14)18(21)24)15-3-2-4-16(20)12-23(11-15)19-8-13(9-19)10-19/h5-7,13,15-16H,2-4,8-12H2,1H3,(H2,21,24)/t13?,15-,16+,19?,20+. The van der Waals surface area contributed by atoms with E-state index in [1.165, 1.54) is 38.5 Å². The van der Waals surface area contributed by atoms with Gasteiger partial charge in [-0.1, -0.05) is 6.42 Å². The quantitative estimate of drug-likeness (QED) is 0.912. The van der Waals surface area contributed by atoms with E-state index in [0.717, 1.165) is 24.6 Å². The number of aromatic nitrogens is 1. The Hall–Kier alpha value is -1.46. The normalized spacial score (nSPS) is 42.4. The fourth-order valence-corrected chi connectivity index (χ4v) is 6.37. The van der Waals surface area contributed by atoms with E-state index in [1.54, 1.807) is 6.20 Å². The minimum Gasteiger partial charge on any atom is -0.373 e. The zero-order valence-corrected chi connectivity index (χ0v) is 14.9. The Labute approximate surface area is 148 Å². The number of likely N-dealkylation sites (tertiary alicyclic amines) is 1. The van der Waals surface area contributed by atoms with Crippen molar-refractivity contribution in [2.45, 2.75) is 49.7 Å². The van der Waals surface area contributed by atoms with E-state index in [4.69, 9.17) is 10.5 Å². The van der Waals surface area contributed by atoms with E-state index in [1.807, 2.05) is 19.2 Å². The molecule has 0 spiro atoms. The lowest BCUT2D eigenvalue weighted by molar-refractivity contribution is -0.226. The Morgan fingerprint density at radius 3 is 2.48 bits per heavy atom. The van der Waals surface area contributed by atoms with Crippen molar-refractivity contribution >= 4 is 5.91 Å². The topological polar surface area (TPSA) is 68.5 Å². The predicted molar refractivity (Wildman–Crippen MR) is 93.9 cm³/mol. The highest BCUT2D eigenvalue weighted by molar-refractivity contribution is 5.90. The summed E-state index contributed by atoms with van der Waals surface area (Å²) >= 11 is 0. The number of methoxy groups -OCH3 is 1. The Bertz CT molecular complexity index is 688. The number of primary amides is 1. The molecule has 0 radical (unpaired) electrons. The highest BCUT2D eigenvalue weighted by Gasteiger charge is 2.63. The lowest BCUT2D eigenvalue weighted by atomic mass is 9.48. The largest absolute Gasteiger partial charge is 0.373 e. The summed E-state index contributed by atoms with van der Waals surface area (Å²) in [4.78, 5) is 18.5. The Balaban J connectivity index is 1.52. The Kier molecular flexibility index (Phi) is 3.32. The van der Waals surface area contributed by atoms with Crippen molar-refractivity contribution in [1.29, 1.82) is 0 Å². The summed E-state index contributed by atoms with van der Waals surface area (Å²) in [6, 6.07) is 3.89. The maximum absolute atomic E-state index is 11.6. The molecule has 1 aromatic heterocycles. The zero-order valence-electron chi connectivity index (χ0n) is 14.9. The summed E-state index contributed by atoms with van der Waals surface area (Å²) in [6.45, 7) is 2.23. The van der Waals surface area contributed by atoms with Gasteiger partial charge in [-0.25, -0.2) is 0 Å². The van der Waals surface area contributed by atoms with Crippen LogP contribution in [0.25, 0.3) is 0 Å². The van der Waals surface area contributed by atoms with Gasteiger partial charge in [0.1, 0.15) is 11.3 Å². The van der Waals surface area contributed by atoms with Crippen LogP contribution in [0, 0.1) is 17.8 Å². The number of amides is 1. The highest BCUT2D eigenvalue weighted by atomic mass is 16.5. The van der Waals surface area contributed by atoms with Gasteiger partial charge in [0.15, 0.2) is 0 Å². The fraction of sp³-hybridized carbons (Fsp3) is 0.700. The zero-order chi connectivity index (χ0) is 17.2. The number of carbonyl (C=O) groups is 1. The van der Waals surface area contributed by atoms with Crippen LogP contribution in [0.5, 0.6) is 0 Å². The third kappa shape index (κ3) is 2.02. The number of carbonyl (C=O) groups excluding carboxylic acids is 1. The van der Waals surface area contributed by atoms with Crippen LogP contribution < -0.4 is 5.73 Å². The molecule has 1 aliphatic heterocycles. The number of hydrogen-bond donors (Lipinski definition) is 1. The van der Waals surface area contributed by atoms with E-state index in [9.17, 15) is 4.79 Å². The number of hydrogen-bond acceptors (Lipinski definition) is 4. The third-order valence-electron chi connectivity index (χ3n) is 7.68. The molecule has 3 atom stereocenters. The molecular formula is C20H27N3O2. The monoisotopic (exact) mass is 341 g/mol. The van der Waals surface area contributed by atoms with E-state index >= 15 is 0 Å². The summed E-state index contributed by atoms with van der Waals surface area (Å²) in [7, 11) is 1.84.